The van der Waals surface area contributed by atoms with Crippen molar-refractivity contribution in [3.05, 3.63) is 77.9 Å². The Labute approximate surface area is 174 Å². The molecular formula is C22H20N2O4S. The van der Waals surface area contributed by atoms with Crippen molar-refractivity contribution in [3.63, 3.8) is 0 Å². The second-order valence-electron chi connectivity index (χ2n) is 6.21. The normalized spacial score (nSPS) is 15.3. The Morgan fingerprint density at radius 1 is 1.14 bits per heavy atom. The molecule has 0 bridgehead atoms. The van der Waals surface area contributed by atoms with E-state index in [0.717, 1.165) is 5.56 Å². The number of nitrogens with zero attached hydrogens (tertiary/aromatic N) is 1. The van der Waals surface area contributed by atoms with Crippen molar-refractivity contribution in [2.45, 2.75) is 6.61 Å². The summed E-state index contributed by atoms with van der Waals surface area (Å²) in [5.41, 5.74) is 1.64. The Bertz CT molecular complexity index is 986. The van der Waals surface area contributed by atoms with Gasteiger partial charge in [-0.25, -0.2) is 0 Å². The van der Waals surface area contributed by atoms with Gasteiger partial charge in [0.1, 0.15) is 12.2 Å². The summed E-state index contributed by atoms with van der Waals surface area (Å²) in [4.78, 5) is 26.2. The van der Waals surface area contributed by atoms with Crippen molar-refractivity contribution < 1.29 is 19.1 Å². The van der Waals surface area contributed by atoms with Gasteiger partial charge < -0.3 is 9.47 Å². The fourth-order valence-electron chi connectivity index (χ4n) is 2.78. The van der Waals surface area contributed by atoms with Gasteiger partial charge in [0.2, 0.25) is 0 Å². The van der Waals surface area contributed by atoms with Crippen molar-refractivity contribution in [1.29, 1.82) is 0 Å². The number of rotatable bonds is 7. The molecule has 1 aliphatic rings. The lowest BCUT2D eigenvalue weighted by molar-refractivity contribution is -0.128. The summed E-state index contributed by atoms with van der Waals surface area (Å²) in [6, 6.07) is 15.0. The molecule has 2 aromatic carbocycles. The Hall–Kier alpha value is -3.45. The first kappa shape index (κ1) is 20.3. The summed E-state index contributed by atoms with van der Waals surface area (Å²) < 4.78 is 11.2. The van der Waals surface area contributed by atoms with Crippen LogP contribution in [0.4, 0.5) is 0 Å². The molecule has 148 valence electrons. The van der Waals surface area contributed by atoms with Crippen molar-refractivity contribution >= 4 is 35.2 Å². The Morgan fingerprint density at radius 2 is 1.90 bits per heavy atom. The lowest BCUT2D eigenvalue weighted by Crippen LogP contribution is -2.53. The molecule has 1 N–H and O–H groups in total. The average molecular weight is 408 g/mol. The smallest absolute Gasteiger partial charge is 0.265 e. The Balaban J connectivity index is 1.83. The van der Waals surface area contributed by atoms with Crippen molar-refractivity contribution in [2.75, 3.05) is 13.7 Å². The van der Waals surface area contributed by atoms with Crippen LogP contribution in [0.5, 0.6) is 11.5 Å². The number of nitrogens with one attached hydrogen (secondary N) is 1. The maximum absolute atomic E-state index is 12.6. The third-order valence-electron chi connectivity index (χ3n) is 4.23. The van der Waals surface area contributed by atoms with Gasteiger partial charge in [0.25, 0.3) is 11.8 Å². The summed E-state index contributed by atoms with van der Waals surface area (Å²) in [6.45, 7) is 4.22. The lowest BCUT2D eigenvalue weighted by atomic mass is 10.1. The molecule has 3 rings (SSSR count). The molecule has 7 heteroatoms. The van der Waals surface area contributed by atoms with Crippen LogP contribution in [-0.2, 0) is 16.2 Å². The summed E-state index contributed by atoms with van der Waals surface area (Å²) in [5.74, 6) is 0.0514. The van der Waals surface area contributed by atoms with E-state index in [-0.39, 0.29) is 17.2 Å². The molecule has 0 unspecified atom stereocenters. The summed E-state index contributed by atoms with van der Waals surface area (Å²) in [7, 11) is 1.53. The van der Waals surface area contributed by atoms with Crippen LogP contribution in [0, 0.1) is 0 Å². The van der Waals surface area contributed by atoms with Crippen molar-refractivity contribution in [2.24, 2.45) is 0 Å². The van der Waals surface area contributed by atoms with Gasteiger partial charge in [0, 0.05) is 6.54 Å². The zero-order chi connectivity index (χ0) is 20.8. The Kier molecular flexibility index (Phi) is 6.41. The quantitative estimate of drug-likeness (QED) is 0.330. The fraction of sp³-hybridized carbons (Fsp3) is 0.136. The van der Waals surface area contributed by atoms with Gasteiger partial charge in [-0.15, -0.1) is 6.58 Å². The van der Waals surface area contributed by atoms with Gasteiger partial charge in [-0.1, -0.05) is 42.5 Å². The molecule has 2 aromatic rings. The molecule has 0 spiro atoms. The van der Waals surface area contributed by atoms with Crippen LogP contribution in [0.25, 0.3) is 6.08 Å². The zero-order valence-corrected chi connectivity index (χ0v) is 16.7. The van der Waals surface area contributed by atoms with Crippen LogP contribution in [0.3, 0.4) is 0 Å². The standard InChI is InChI=1S/C22H20N2O4S/c1-3-11-24-21(26)17(20(25)23-22(24)29)12-16-9-10-18(19(13-16)27-2)28-14-15-7-5-4-6-8-15/h3-10,12-13H,1,11,14H2,2H3,(H,23,25,29). The first-order valence-electron chi connectivity index (χ1n) is 8.88. The fourth-order valence-corrected chi connectivity index (χ4v) is 3.03. The summed E-state index contributed by atoms with van der Waals surface area (Å²) in [6.07, 6.45) is 3.04. The molecule has 29 heavy (non-hydrogen) atoms. The number of benzene rings is 2. The van der Waals surface area contributed by atoms with Crippen LogP contribution in [0.15, 0.2) is 66.8 Å². The van der Waals surface area contributed by atoms with Gasteiger partial charge in [0.15, 0.2) is 16.6 Å². The maximum Gasteiger partial charge on any atom is 0.265 e. The van der Waals surface area contributed by atoms with Crippen LogP contribution >= 0.6 is 12.2 Å². The summed E-state index contributed by atoms with van der Waals surface area (Å²) in [5, 5.41) is 2.59. The number of hydrogen-bond donors (Lipinski definition) is 1. The number of carbonyl (C=O) groups excluding carboxylic acids is 2. The molecule has 2 amide bonds. The largest absolute Gasteiger partial charge is 0.493 e. The molecule has 0 saturated carbocycles. The molecular weight excluding hydrogens is 388 g/mol. The molecule has 6 nitrogen and oxygen atoms in total. The van der Waals surface area contributed by atoms with Crippen molar-refractivity contribution in [1.82, 2.24) is 10.2 Å². The third kappa shape index (κ3) is 4.70. The highest BCUT2D eigenvalue weighted by atomic mass is 32.1. The minimum Gasteiger partial charge on any atom is -0.493 e. The molecule has 0 atom stereocenters. The van der Waals surface area contributed by atoms with Crippen LogP contribution in [0.2, 0.25) is 0 Å². The predicted molar refractivity (Wildman–Crippen MR) is 114 cm³/mol. The topological polar surface area (TPSA) is 67.9 Å². The molecule has 0 aliphatic carbocycles. The number of carbonyl (C=O) groups is 2. The summed E-state index contributed by atoms with van der Waals surface area (Å²) >= 11 is 5.05. The van der Waals surface area contributed by atoms with E-state index in [1.807, 2.05) is 30.3 Å². The number of amides is 2. The molecule has 0 aromatic heterocycles. The molecule has 1 aliphatic heterocycles. The van der Waals surface area contributed by atoms with E-state index in [1.165, 1.54) is 18.1 Å². The van der Waals surface area contributed by atoms with Crippen LogP contribution in [0.1, 0.15) is 11.1 Å². The van der Waals surface area contributed by atoms with E-state index in [2.05, 4.69) is 11.9 Å². The number of ether oxygens (including phenoxy) is 2. The van der Waals surface area contributed by atoms with Gasteiger partial charge in [-0.2, -0.15) is 0 Å². The Morgan fingerprint density at radius 3 is 2.59 bits per heavy atom. The van der Waals surface area contributed by atoms with Crippen LogP contribution < -0.4 is 14.8 Å². The second-order valence-corrected chi connectivity index (χ2v) is 6.59. The monoisotopic (exact) mass is 408 g/mol. The first-order chi connectivity index (χ1) is 14.0. The number of methoxy groups -OCH3 is 1. The molecule has 1 heterocycles. The highest BCUT2D eigenvalue weighted by Crippen LogP contribution is 2.30. The van der Waals surface area contributed by atoms with E-state index in [1.54, 1.807) is 24.3 Å². The second kappa shape index (κ2) is 9.16. The third-order valence-corrected chi connectivity index (χ3v) is 4.56. The van der Waals surface area contributed by atoms with E-state index < -0.39 is 11.8 Å². The molecule has 1 fully saturated rings. The minimum atomic E-state index is -0.538. The van der Waals surface area contributed by atoms with E-state index in [9.17, 15) is 9.59 Å². The lowest BCUT2D eigenvalue weighted by Gasteiger charge is -2.27. The molecule has 1 saturated heterocycles. The van der Waals surface area contributed by atoms with Crippen LogP contribution in [-0.4, -0.2) is 35.5 Å². The first-order valence-corrected chi connectivity index (χ1v) is 9.29. The van der Waals surface area contributed by atoms with Gasteiger partial charge in [-0.3, -0.25) is 19.8 Å². The maximum atomic E-state index is 12.6. The number of hydrogen-bond acceptors (Lipinski definition) is 5. The van der Waals surface area contributed by atoms with E-state index in [4.69, 9.17) is 21.7 Å². The highest BCUT2D eigenvalue weighted by Gasteiger charge is 2.32. The zero-order valence-electron chi connectivity index (χ0n) is 15.9. The van der Waals surface area contributed by atoms with E-state index in [0.29, 0.717) is 23.7 Å². The van der Waals surface area contributed by atoms with Gasteiger partial charge in [-0.05, 0) is 41.6 Å². The number of thiocarbonyl (C=S) groups is 1. The SMILES string of the molecule is C=CCN1C(=O)C(=Cc2ccc(OCc3ccccc3)c(OC)c2)C(=O)NC1=S. The van der Waals surface area contributed by atoms with Gasteiger partial charge >= 0.3 is 0 Å². The van der Waals surface area contributed by atoms with Crippen molar-refractivity contribution in [3.8, 4) is 11.5 Å². The van der Waals surface area contributed by atoms with Gasteiger partial charge in [0.05, 0.1) is 7.11 Å². The predicted octanol–water partition coefficient (Wildman–Crippen LogP) is 3.09. The minimum absolute atomic E-state index is 0.0135. The van der Waals surface area contributed by atoms with E-state index >= 15 is 0 Å². The average Bonchev–Trinajstić information content (AvgIpc) is 2.73. The highest BCUT2D eigenvalue weighted by molar-refractivity contribution is 7.80. The molecule has 0 radical (unpaired) electrons.